The van der Waals surface area contributed by atoms with Crippen LogP contribution in [0.2, 0.25) is 0 Å². The molecule has 3 atom stereocenters. The van der Waals surface area contributed by atoms with Crippen LogP contribution in [0.4, 0.5) is 8.78 Å². The van der Waals surface area contributed by atoms with E-state index in [1.807, 2.05) is 12.2 Å². The molecule has 1 N–H and O–H groups in total. The molecule has 0 radical (unpaired) electrons. The van der Waals surface area contributed by atoms with E-state index in [4.69, 9.17) is 14.2 Å². The highest BCUT2D eigenvalue weighted by atomic mass is 32.2. The van der Waals surface area contributed by atoms with Gasteiger partial charge in [-0.15, -0.1) is 0 Å². The van der Waals surface area contributed by atoms with Gasteiger partial charge in [0.1, 0.15) is 11.5 Å². The predicted molar refractivity (Wildman–Crippen MR) is 126 cm³/mol. The van der Waals surface area contributed by atoms with Crippen LogP contribution in [-0.4, -0.2) is 44.5 Å². The number of benzene rings is 2. The molecule has 9 heteroatoms. The number of nitrogens with one attached hydrogen (secondary N) is 1. The number of allylic oxidation sites excluding steroid dienone is 1. The SMILES string of the molecule is CCOC(=O)C(c1cc(OC)ccc1OC)C1C=CC(NC(=O)c2cccc(SC(F)F)c2)C1. The average Bonchev–Trinajstić information content (AvgIpc) is 3.26. The lowest BCUT2D eigenvalue weighted by atomic mass is 9.84. The Kier molecular flexibility index (Phi) is 8.92. The van der Waals surface area contributed by atoms with Crippen LogP contribution in [0.1, 0.15) is 35.2 Å². The van der Waals surface area contributed by atoms with Gasteiger partial charge in [-0.05, 0) is 55.7 Å². The van der Waals surface area contributed by atoms with Crippen molar-refractivity contribution in [1.29, 1.82) is 0 Å². The number of halogens is 2. The fourth-order valence-electron chi connectivity index (χ4n) is 3.99. The molecule has 0 aliphatic heterocycles. The fraction of sp³-hybridized carbons (Fsp3) is 0.360. The Hall–Kier alpha value is -3.07. The summed E-state index contributed by atoms with van der Waals surface area (Å²) in [6, 6.07) is 11.0. The molecule has 2 aromatic carbocycles. The third kappa shape index (κ3) is 6.28. The van der Waals surface area contributed by atoms with Crippen LogP contribution in [0.5, 0.6) is 11.5 Å². The number of esters is 1. The van der Waals surface area contributed by atoms with Gasteiger partial charge in [0.15, 0.2) is 0 Å². The Morgan fingerprint density at radius 1 is 1.12 bits per heavy atom. The summed E-state index contributed by atoms with van der Waals surface area (Å²) < 4.78 is 41.5. The quantitative estimate of drug-likeness (QED) is 0.285. The summed E-state index contributed by atoms with van der Waals surface area (Å²) in [4.78, 5) is 26.0. The Bertz CT molecular complexity index is 1050. The summed E-state index contributed by atoms with van der Waals surface area (Å²) in [5.74, 6) is -3.14. The minimum Gasteiger partial charge on any atom is -0.497 e. The average molecular weight is 492 g/mol. The molecule has 6 nitrogen and oxygen atoms in total. The van der Waals surface area contributed by atoms with Crippen molar-refractivity contribution in [1.82, 2.24) is 5.32 Å². The van der Waals surface area contributed by atoms with Gasteiger partial charge in [0.25, 0.3) is 11.7 Å². The van der Waals surface area contributed by atoms with Crippen LogP contribution < -0.4 is 14.8 Å². The summed E-state index contributed by atoms with van der Waals surface area (Å²) in [6.45, 7) is 1.97. The van der Waals surface area contributed by atoms with Gasteiger partial charge < -0.3 is 19.5 Å². The predicted octanol–water partition coefficient (Wildman–Crippen LogP) is 5.04. The topological polar surface area (TPSA) is 73.9 Å². The number of thioether (sulfide) groups is 1. The molecule has 182 valence electrons. The Labute approximate surface area is 201 Å². The summed E-state index contributed by atoms with van der Waals surface area (Å²) >= 11 is 0.388. The normalized spacial score (nSPS) is 17.9. The Morgan fingerprint density at radius 3 is 2.59 bits per heavy atom. The molecule has 0 saturated heterocycles. The highest BCUT2D eigenvalue weighted by Crippen LogP contribution is 2.40. The van der Waals surface area contributed by atoms with Crippen LogP contribution in [0.25, 0.3) is 0 Å². The summed E-state index contributed by atoms with van der Waals surface area (Å²) in [6.07, 6.45) is 4.18. The number of amides is 1. The van der Waals surface area contributed by atoms with Crippen molar-refractivity contribution < 1.29 is 32.6 Å². The fourth-order valence-corrected chi connectivity index (χ4v) is 4.55. The first-order valence-electron chi connectivity index (χ1n) is 10.8. The molecule has 0 spiro atoms. The van der Waals surface area contributed by atoms with E-state index < -0.39 is 17.6 Å². The van der Waals surface area contributed by atoms with E-state index in [0.29, 0.717) is 45.7 Å². The smallest absolute Gasteiger partial charge is 0.314 e. The number of alkyl halides is 2. The molecular formula is C25H27F2NO5S. The molecule has 2 aromatic rings. The van der Waals surface area contributed by atoms with Crippen LogP contribution in [0, 0.1) is 5.92 Å². The minimum absolute atomic E-state index is 0.227. The molecule has 0 heterocycles. The molecule has 3 unspecified atom stereocenters. The first-order chi connectivity index (χ1) is 16.4. The Balaban J connectivity index is 1.78. The van der Waals surface area contributed by atoms with E-state index in [0.717, 1.165) is 0 Å². The molecular weight excluding hydrogens is 464 g/mol. The van der Waals surface area contributed by atoms with Crippen LogP contribution >= 0.6 is 11.8 Å². The largest absolute Gasteiger partial charge is 0.497 e. The number of carbonyl (C=O) groups is 2. The van der Waals surface area contributed by atoms with Gasteiger partial charge in [0.05, 0.1) is 26.7 Å². The van der Waals surface area contributed by atoms with E-state index in [-0.39, 0.29) is 24.5 Å². The van der Waals surface area contributed by atoms with Gasteiger partial charge in [0.2, 0.25) is 0 Å². The second kappa shape index (κ2) is 11.9. The van der Waals surface area contributed by atoms with Crippen LogP contribution in [-0.2, 0) is 9.53 Å². The van der Waals surface area contributed by atoms with E-state index in [9.17, 15) is 18.4 Å². The standard InChI is InChI=1S/C25H27F2NO5S/c1-4-33-24(30)22(20-14-18(31-2)10-11-21(20)32-3)15-8-9-17(12-15)28-23(29)16-6-5-7-19(13-16)34-25(26)27/h5-11,13-15,17,22,25H,4,12H2,1-3H3,(H,28,29). The molecule has 1 amide bonds. The molecule has 34 heavy (non-hydrogen) atoms. The second-order valence-electron chi connectivity index (χ2n) is 7.61. The number of rotatable bonds is 10. The van der Waals surface area contributed by atoms with Crippen LogP contribution in [0.15, 0.2) is 59.5 Å². The maximum absolute atomic E-state index is 13.0. The first kappa shape index (κ1) is 25.6. The third-order valence-electron chi connectivity index (χ3n) is 5.50. The number of hydrogen-bond acceptors (Lipinski definition) is 6. The van der Waals surface area contributed by atoms with Gasteiger partial charge in [-0.1, -0.05) is 30.0 Å². The van der Waals surface area contributed by atoms with Gasteiger partial charge in [-0.25, -0.2) is 0 Å². The molecule has 0 fully saturated rings. The number of hydrogen-bond donors (Lipinski definition) is 1. The summed E-state index contributed by atoms with van der Waals surface area (Å²) in [7, 11) is 3.07. The van der Waals surface area contributed by atoms with Crippen LogP contribution in [0.3, 0.4) is 0 Å². The van der Waals surface area contributed by atoms with Crippen molar-refractivity contribution >= 4 is 23.6 Å². The van der Waals surface area contributed by atoms with Gasteiger partial charge in [-0.3, -0.25) is 9.59 Å². The highest BCUT2D eigenvalue weighted by Gasteiger charge is 2.36. The minimum atomic E-state index is -2.56. The molecule has 0 bridgehead atoms. The van der Waals surface area contributed by atoms with Crippen molar-refractivity contribution in [3.63, 3.8) is 0 Å². The molecule has 0 aromatic heterocycles. The maximum atomic E-state index is 13.0. The van der Waals surface area contributed by atoms with Crippen molar-refractivity contribution in [2.75, 3.05) is 20.8 Å². The monoisotopic (exact) mass is 491 g/mol. The lowest BCUT2D eigenvalue weighted by Crippen LogP contribution is -2.34. The molecule has 1 aliphatic rings. The number of carbonyl (C=O) groups excluding carboxylic acids is 2. The Morgan fingerprint density at radius 2 is 1.91 bits per heavy atom. The first-order valence-corrected chi connectivity index (χ1v) is 11.7. The maximum Gasteiger partial charge on any atom is 0.314 e. The van der Waals surface area contributed by atoms with Crippen molar-refractivity contribution in [2.24, 2.45) is 5.92 Å². The molecule has 3 rings (SSSR count). The zero-order valence-electron chi connectivity index (χ0n) is 19.1. The highest BCUT2D eigenvalue weighted by molar-refractivity contribution is 7.99. The van der Waals surface area contributed by atoms with Crippen molar-refractivity contribution in [3.8, 4) is 11.5 Å². The van der Waals surface area contributed by atoms with E-state index >= 15 is 0 Å². The molecule has 1 aliphatic carbocycles. The second-order valence-corrected chi connectivity index (χ2v) is 8.67. The third-order valence-corrected chi connectivity index (χ3v) is 6.20. The van der Waals surface area contributed by atoms with Crippen molar-refractivity contribution in [2.45, 2.75) is 36.0 Å². The van der Waals surface area contributed by atoms with E-state index in [2.05, 4.69) is 5.32 Å². The van der Waals surface area contributed by atoms with E-state index in [1.54, 1.807) is 44.4 Å². The lowest BCUT2D eigenvalue weighted by Gasteiger charge is -2.24. The zero-order chi connectivity index (χ0) is 24.7. The number of ether oxygens (including phenoxy) is 3. The lowest BCUT2D eigenvalue weighted by molar-refractivity contribution is -0.146. The van der Waals surface area contributed by atoms with Gasteiger partial charge in [-0.2, -0.15) is 8.78 Å². The van der Waals surface area contributed by atoms with E-state index in [1.165, 1.54) is 19.2 Å². The summed E-state index contributed by atoms with van der Waals surface area (Å²) in [5.41, 5.74) is 0.928. The number of methoxy groups -OCH3 is 2. The zero-order valence-corrected chi connectivity index (χ0v) is 19.9. The van der Waals surface area contributed by atoms with Gasteiger partial charge >= 0.3 is 5.97 Å². The summed E-state index contributed by atoms with van der Waals surface area (Å²) in [5, 5.41) is 2.90. The van der Waals surface area contributed by atoms with Crippen molar-refractivity contribution in [3.05, 3.63) is 65.7 Å². The molecule has 0 saturated carbocycles. The van der Waals surface area contributed by atoms with Gasteiger partial charge in [0, 0.05) is 22.1 Å².